The number of rotatable bonds is 3. The number of aromatic nitrogens is 4. The van der Waals surface area contributed by atoms with Gasteiger partial charge in [-0.25, -0.2) is 14.8 Å². The van der Waals surface area contributed by atoms with Crippen LogP contribution in [0.2, 0.25) is 0 Å². The second kappa shape index (κ2) is 5.49. The minimum Gasteiger partial charge on any atom is -0.350 e. The van der Waals surface area contributed by atoms with E-state index in [4.69, 9.17) is 5.26 Å². The highest BCUT2D eigenvalue weighted by Gasteiger charge is 2.33. The maximum absolute atomic E-state index is 12.0. The van der Waals surface area contributed by atoms with E-state index in [2.05, 4.69) is 21.1 Å². The van der Waals surface area contributed by atoms with Crippen LogP contribution in [0.3, 0.4) is 0 Å². The van der Waals surface area contributed by atoms with E-state index in [1.165, 1.54) is 6.20 Å². The number of anilines is 2. The zero-order valence-electron chi connectivity index (χ0n) is 13.2. The summed E-state index contributed by atoms with van der Waals surface area (Å²) in [6.07, 6.45) is 6.73. The van der Waals surface area contributed by atoms with Gasteiger partial charge in [-0.05, 0) is 0 Å². The average molecular weight is 324 g/mol. The molecule has 9 heteroatoms. The van der Waals surface area contributed by atoms with E-state index < -0.39 is 0 Å². The molecule has 122 valence electrons. The first-order valence-corrected chi connectivity index (χ1v) is 7.70. The van der Waals surface area contributed by atoms with Gasteiger partial charge < -0.3 is 9.80 Å². The second-order valence-electron chi connectivity index (χ2n) is 5.93. The third-order valence-corrected chi connectivity index (χ3v) is 4.44. The Hall–Kier alpha value is -3.15. The smallest absolute Gasteiger partial charge is 0.324 e. The van der Waals surface area contributed by atoms with Crippen LogP contribution in [-0.4, -0.2) is 63.9 Å². The van der Waals surface area contributed by atoms with Crippen LogP contribution in [0.15, 0.2) is 24.8 Å². The first-order valence-electron chi connectivity index (χ1n) is 7.70. The minimum absolute atomic E-state index is 0.00279. The molecule has 2 saturated heterocycles. The summed E-state index contributed by atoms with van der Waals surface area (Å²) in [6.45, 7) is 2.83. The lowest BCUT2D eigenvalue weighted by Gasteiger charge is -2.40. The Morgan fingerprint density at radius 3 is 2.75 bits per heavy atom. The summed E-state index contributed by atoms with van der Waals surface area (Å²) in [5, 5.41) is 13.5. The van der Waals surface area contributed by atoms with Crippen LogP contribution in [0, 0.1) is 11.3 Å². The molecule has 2 aliphatic heterocycles. The van der Waals surface area contributed by atoms with Crippen LogP contribution >= 0.6 is 0 Å². The van der Waals surface area contributed by atoms with Gasteiger partial charge >= 0.3 is 6.03 Å². The van der Waals surface area contributed by atoms with Crippen molar-refractivity contribution in [1.29, 1.82) is 5.26 Å². The Morgan fingerprint density at radius 2 is 2.04 bits per heavy atom. The Balaban J connectivity index is 1.45. The van der Waals surface area contributed by atoms with Gasteiger partial charge in [0.15, 0.2) is 11.5 Å². The lowest BCUT2D eigenvalue weighted by atomic mass is 10.1. The number of nitrogens with zero attached hydrogens (tertiary/aromatic N) is 8. The maximum atomic E-state index is 12.0. The number of likely N-dealkylation sites (N-methyl/N-ethyl adjacent to an activating group) is 1. The molecule has 2 amide bonds. The van der Waals surface area contributed by atoms with Crippen molar-refractivity contribution in [2.45, 2.75) is 6.04 Å². The SMILES string of the molecule is CN1CCN(c2cnn(C3CN(c4nccnc4C#N)C3)c2)C1=O. The second-order valence-corrected chi connectivity index (χ2v) is 5.93. The molecular weight excluding hydrogens is 308 g/mol. The van der Waals surface area contributed by atoms with Crippen molar-refractivity contribution in [3.05, 3.63) is 30.5 Å². The van der Waals surface area contributed by atoms with E-state index in [1.54, 1.807) is 29.2 Å². The number of carbonyl (C=O) groups is 1. The van der Waals surface area contributed by atoms with Gasteiger partial charge in [-0.15, -0.1) is 0 Å². The Labute approximate surface area is 138 Å². The number of amides is 2. The molecule has 0 aliphatic carbocycles. The predicted molar refractivity (Wildman–Crippen MR) is 85.6 cm³/mol. The average Bonchev–Trinajstić information content (AvgIpc) is 3.15. The highest BCUT2D eigenvalue weighted by Crippen LogP contribution is 2.29. The molecule has 0 aromatic carbocycles. The van der Waals surface area contributed by atoms with Crippen LogP contribution in [0.25, 0.3) is 0 Å². The molecule has 0 atom stereocenters. The van der Waals surface area contributed by atoms with Crippen molar-refractivity contribution >= 4 is 17.5 Å². The standard InChI is InChI=1S/C15H16N8O/c1-20-4-5-22(15(20)24)11-7-19-23(10-11)12-8-21(9-12)14-13(6-16)17-2-3-18-14/h2-3,7,10,12H,4-5,8-9H2,1H3. The van der Waals surface area contributed by atoms with E-state index in [0.29, 0.717) is 31.1 Å². The number of carbonyl (C=O) groups excluding carboxylic acids is 1. The molecule has 2 fully saturated rings. The van der Waals surface area contributed by atoms with Crippen molar-refractivity contribution in [3.63, 3.8) is 0 Å². The summed E-state index contributed by atoms with van der Waals surface area (Å²) in [4.78, 5) is 25.7. The minimum atomic E-state index is 0.00279. The van der Waals surface area contributed by atoms with Crippen LogP contribution < -0.4 is 9.80 Å². The Kier molecular flexibility index (Phi) is 3.30. The van der Waals surface area contributed by atoms with Gasteiger partial charge in [0.05, 0.1) is 17.9 Å². The maximum Gasteiger partial charge on any atom is 0.324 e. The highest BCUT2D eigenvalue weighted by molar-refractivity contribution is 5.93. The van der Waals surface area contributed by atoms with Crippen LogP contribution in [0.1, 0.15) is 11.7 Å². The lowest BCUT2D eigenvalue weighted by molar-refractivity contribution is 0.229. The number of hydrogen-bond donors (Lipinski definition) is 0. The largest absolute Gasteiger partial charge is 0.350 e. The summed E-state index contributed by atoms with van der Waals surface area (Å²) >= 11 is 0. The normalized spacial score (nSPS) is 18.0. The topological polar surface area (TPSA) is 94.2 Å². The zero-order chi connectivity index (χ0) is 16.7. The van der Waals surface area contributed by atoms with Gasteiger partial charge in [0.1, 0.15) is 6.07 Å². The first-order chi connectivity index (χ1) is 11.7. The van der Waals surface area contributed by atoms with Gasteiger partial charge in [-0.3, -0.25) is 9.58 Å². The molecule has 2 aliphatic rings. The summed E-state index contributed by atoms with van der Waals surface area (Å²) in [6, 6.07) is 2.26. The predicted octanol–water partition coefficient (Wildman–Crippen LogP) is 0.478. The zero-order valence-corrected chi connectivity index (χ0v) is 13.2. The molecule has 0 spiro atoms. The van der Waals surface area contributed by atoms with E-state index in [0.717, 1.165) is 12.2 Å². The number of urea groups is 1. The fourth-order valence-corrected chi connectivity index (χ4v) is 2.99. The van der Waals surface area contributed by atoms with E-state index in [-0.39, 0.29) is 12.1 Å². The first kappa shape index (κ1) is 14.4. The van der Waals surface area contributed by atoms with Crippen molar-refractivity contribution in [2.24, 2.45) is 0 Å². The quantitative estimate of drug-likeness (QED) is 0.815. The molecule has 0 N–H and O–H groups in total. The van der Waals surface area contributed by atoms with Crippen LogP contribution in [0.4, 0.5) is 16.3 Å². The van der Waals surface area contributed by atoms with Crippen LogP contribution in [-0.2, 0) is 0 Å². The van der Waals surface area contributed by atoms with Crippen molar-refractivity contribution in [3.8, 4) is 6.07 Å². The Bertz CT molecular complexity index is 819. The summed E-state index contributed by atoms with van der Waals surface area (Å²) in [5.41, 5.74) is 1.16. The molecule has 0 radical (unpaired) electrons. The lowest BCUT2D eigenvalue weighted by Crippen LogP contribution is -2.48. The molecule has 4 rings (SSSR count). The highest BCUT2D eigenvalue weighted by atomic mass is 16.2. The van der Waals surface area contributed by atoms with Gasteiger partial charge in [-0.1, -0.05) is 0 Å². The van der Waals surface area contributed by atoms with Gasteiger partial charge in [-0.2, -0.15) is 10.4 Å². The summed E-state index contributed by atoms with van der Waals surface area (Å²) in [7, 11) is 1.80. The molecule has 0 saturated carbocycles. The molecule has 2 aromatic heterocycles. The Morgan fingerprint density at radius 1 is 1.25 bits per heavy atom. The van der Waals surface area contributed by atoms with Crippen molar-refractivity contribution in [2.75, 3.05) is 43.0 Å². The van der Waals surface area contributed by atoms with E-state index >= 15 is 0 Å². The molecule has 9 nitrogen and oxygen atoms in total. The molecule has 24 heavy (non-hydrogen) atoms. The molecule has 0 unspecified atom stereocenters. The third-order valence-electron chi connectivity index (χ3n) is 4.44. The van der Waals surface area contributed by atoms with E-state index in [9.17, 15) is 4.79 Å². The van der Waals surface area contributed by atoms with Crippen molar-refractivity contribution in [1.82, 2.24) is 24.6 Å². The van der Waals surface area contributed by atoms with Gasteiger partial charge in [0.25, 0.3) is 0 Å². The van der Waals surface area contributed by atoms with Crippen molar-refractivity contribution < 1.29 is 4.79 Å². The molecule has 0 bridgehead atoms. The molecular formula is C15H16N8O. The fourth-order valence-electron chi connectivity index (χ4n) is 2.99. The van der Waals surface area contributed by atoms with Crippen LogP contribution in [0.5, 0.6) is 0 Å². The fraction of sp³-hybridized carbons (Fsp3) is 0.400. The number of hydrogen-bond acceptors (Lipinski definition) is 6. The molecule has 4 heterocycles. The number of nitriles is 1. The van der Waals surface area contributed by atoms with Gasteiger partial charge in [0.2, 0.25) is 0 Å². The summed E-state index contributed by atoms with van der Waals surface area (Å²) < 4.78 is 1.87. The monoisotopic (exact) mass is 324 g/mol. The summed E-state index contributed by atoms with van der Waals surface area (Å²) in [5.74, 6) is 0.611. The van der Waals surface area contributed by atoms with Gasteiger partial charge in [0, 0.05) is 51.8 Å². The third kappa shape index (κ3) is 2.23. The molecule has 2 aromatic rings. The van der Waals surface area contributed by atoms with E-state index in [1.807, 2.05) is 15.8 Å².